The molecule has 3 aromatic carbocycles. The molecule has 1 atom stereocenters. The second-order valence-electron chi connectivity index (χ2n) is 8.38. The van der Waals surface area contributed by atoms with Crippen molar-refractivity contribution in [3.05, 3.63) is 66.2 Å². The molecule has 2 amide bonds. The normalized spacial score (nSPS) is 16.0. The zero-order valence-corrected chi connectivity index (χ0v) is 18.8. The van der Waals surface area contributed by atoms with Crippen molar-refractivity contribution in [3.8, 4) is 5.75 Å². The third-order valence-corrected chi connectivity index (χ3v) is 6.07. The number of amides is 2. The molecule has 1 aliphatic rings. The summed E-state index contributed by atoms with van der Waals surface area (Å²) in [5.41, 5.74) is 2.48. The van der Waals surface area contributed by atoms with E-state index in [4.69, 9.17) is 4.74 Å². The average Bonchev–Trinajstić information content (AvgIpc) is 2.83. The fraction of sp³-hybridized carbons (Fsp3) is 0.308. The number of ether oxygens (including phenoxy) is 1. The molecule has 0 spiro atoms. The Labute approximate surface area is 188 Å². The van der Waals surface area contributed by atoms with Crippen LogP contribution in [-0.4, -0.2) is 51.0 Å². The standard InChI is InChI=1S/C26H29N3O3/c1-28(2)20-12-10-19(11-13-20)27-25(30)18-7-6-16-29(17-18)26(31)23-14-15-24(32-3)22-9-5-4-8-21(22)23/h4-5,8-15,18H,6-7,16-17H2,1-3H3,(H,27,30)/t18-/m1/s1. The van der Waals surface area contributed by atoms with Crippen LogP contribution in [0.4, 0.5) is 11.4 Å². The minimum absolute atomic E-state index is 0.0420. The molecule has 0 aromatic heterocycles. The Morgan fingerprint density at radius 1 is 1.00 bits per heavy atom. The average molecular weight is 432 g/mol. The number of piperidine rings is 1. The molecule has 0 aliphatic carbocycles. The number of carbonyl (C=O) groups excluding carboxylic acids is 2. The van der Waals surface area contributed by atoms with E-state index >= 15 is 0 Å². The number of hydrogen-bond donors (Lipinski definition) is 1. The molecule has 1 saturated heterocycles. The number of nitrogens with zero attached hydrogens (tertiary/aromatic N) is 2. The second-order valence-corrected chi connectivity index (χ2v) is 8.38. The number of rotatable bonds is 5. The van der Waals surface area contributed by atoms with Crippen molar-refractivity contribution >= 4 is 34.0 Å². The van der Waals surface area contributed by atoms with Crippen molar-refractivity contribution in [2.75, 3.05) is 44.5 Å². The first-order valence-corrected chi connectivity index (χ1v) is 10.9. The third kappa shape index (κ3) is 4.40. The number of likely N-dealkylation sites (tertiary alicyclic amines) is 1. The van der Waals surface area contributed by atoms with Gasteiger partial charge in [-0.25, -0.2) is 0 Å². The molecule has 6 heteroatoms. The van der Waals surface area contributed by atoms with Gasteiger partial charge >= 0.3 is 0 Å². The molecule has 0 radical (unpaired) electrons. The van der Waals surface area contributed by atoms with Crippen molar-refractivity contribution in [2.45, 2.75) is 12.8 Å². The Morgan fingerprint density at radius 2 is 1.72 bits per heavy atom. The van der Waals surface area contributed by atoms with Crippen LogP contribution in [0.5, 0.6) is 5.75 Å². The summed E-state index contributed by atoms with van der Waals surface area (Å²) in [6.45, 7) is 1.07. The van der Waals surface area contributed by atoms with Crippen LogP contribution in [0.3, 0.4) is 0 Å². The fourth-order valence-corrected chi connectivity index (χ4v) is 4.27. The predicted octanol–water partition coefficient (Wildman–Crippen LogP) is 4.41. The maximum atomic E-state index is 13.4. The van der Waals surface area contributed by atoms with E-state index in [9.17, 15) is 9.59 Å². The minimum atomic E-state index is -0.231. The monoisotopic (exact) mass is 431 g/mol. The second kappa shape index (κ2) is 9.30. The van der Waals surface area contributed by atoms with Gasteiger partial charge in [-0.2, -0.15) is 0 Å². The van der Waals surface area contributed by atoms with E-state index in [1.54, 1.807) is 12.0 Å². The zero-order chi connectivity index (χ0) is 22.7. The topological polar surface area (TPSA) is 61.9 Å². The van der Waals surface area contributed by atoms with Crippen LogP contribution in [0, 0.1) is 5.92 Å². The van der Waals surface area contributed by atoms with Crippen LogP contribution in [0.25, 0.3) is 10.8 Å². The van der Waals surface area contributed by atoms with E-state index in [0.29, 0.717) is 18.7 Å². The molecule has 0 bridgehead atoms. The van der Waals surface area contributed by atoms with E-state index in [-0.39, 0.29) is 17.7 Å². The van der Waals surface area contributed by atoms with Crippen molar-refractivity contribution < 1.29 is 14.3 Å². The Kier molecular flexibility index (Phi) is 6.30. The van der Waals surface area contributed by atoms with E-state index in [1.165, 1.54) is 0 Å². The number of methoxy groups -OCH3 is 1. The van der Waals surface area contributed by atoms with Crippen molar-refractivity contribution in [3.63, 3.8) is 0 Å². The number of anilines is 2. The van der Waals surface area contributed by atoms with Crippen LogP contribution in [-0.2, 0) is 4.79 Å². The highest BCUT2D eigenvalue weighted by atomic mass is 16.5. The maximum Gasteiger partial charge on any atom is 0.254 e. The summed E-state index contributed by atoms with van der Waals surface area (Å²) in [6, 6.07) is 19.2. The van der Waals surface area contributed by atoms with Gasteiger partial charge in [0.2, 0.25) is 5.91 Å². The number of hydrogen-bond acceptors (Lipinski definition) is 4. The summed E-state index contributed by atoms with van der Waals surface area (Å²) in [6.07, 6.45) is 1.58. The lowest BCUT2D eigenvalue weighted by Gasteiger charge is -2.32. The van der Waals surface area contributed by atoms with Gasteiger partial charge < -0.3 is 19.9 Å². The smallest absolute Gasteiger partial charge is 0.254 e. The first-order chi connectivity index (χ1) is 15.5. The molecule has 1 N–H and O–H groups in total. The van der Waals surface area contributed by atoms with Crippen molar-refractivity contribution in [1.29, 1.82) is 0 Å². The number of carbonyl (C=O) groups is 2. The van der Waals surface area contributed by atoms with Crippen LogP contribution in [0.2, 0.25) is 0 Å². The van der Waals surface area contributed by atoms with E-state index in [2.05, 4.69) is 5.32 Å². The summed E-state index contributed by atoms with van der Waals surface area (Å²) >= 11 is 0. The highest BCUT2D eigenvalue weighted by Gasteiger charge is 2.29. The zero-order valence-electron chi connectivity index (χ0n) is 18.8. The van der Waals surface area contributed by atoms with Gasteiger partial charge in [0, 0.05) is 49.5 Å². The van der Waals surface area contributed by atoms with Crippen LogP contribution in [0.15, 0.2) is 60.7 Å². The molecule has 1 fully saturated rings. The fourth-order valence-electron chi connectivity index (χ4n) is 4.27. The van der Waals surface area contributed by atoms with Gasteiger partial charge in [0.25, 0.3) is 5.91 Å². The van der Waals surface area contributed by atoms with Gasteiger partial charge in [-0.1, -0.05) is 24.3 Å². The summed E-state index contributed by atoms with van der Waals surface area (Å²) in [5, 5.41) is 4.79. The summed E-state index contributed by atoms with van der Waals surface area (Å²) in [4.78, 5) is 30.1. The van der Waals surface area contributed by atoms with Gasteiger partial charge in [0.05, 0.1) is 13.0 Å². The Balaban J connectivity index is 1.48. The lowest BCUT2D eigenvalue weighted by molar-refractivity contribution is -0.121. The molecule has 166 valence electrons. The van der Waals surface area contributed by atoms with Gasteiger partial charge in [0.1, 0.15) is 5.75 Å². The molecule has 6 nitrogen and oxygen atoms in total. The Bertz CT molecular complexity index is 1120. The highest BCUT2D eigenvalue weighted by molar-refractivity contribution is 6.08. The Morgan fingerprint density at radius 3 is 2.41 bits per heavy atom. The number of fused-ring (bicyclic) bond motifs is 1. The van der Waals surface area contributed by atoms with Crippen LogP contribution >= 0.6 is 0 Å². The highest BCUT2D eigenvalue weighted by Crippen LogP contribution is 2.30. The quantitative estimate of drug-likeness (QED) is 0.650. The Hall–Kier alpha value is -3.54. The lowest BCUT2D eigenvalue weighted by atomic mass is 9.95. The maximum absolute atomic E-state index is 13.4. The van der Waals surface area contributed by atoms with Crippen LogP contribution in [0.1, 0.15) is 23.2 Å². The molecule has 3 aromatic rings. The first kappa shape index (κ1) is 21.7. The summed E-state index contributed by atoms with van der Waals surface area (Å²) in [5.74, 6) is 0.426. The molecule has 1 heterocycles. The van der Waals surface area contributed by atoms with E-state index in [0.717, 1.165) is 40.7 Å². The minimum Gasteiger partial charge on any atom is -0.496 e. The number of benzene rings is 3. The molecule has 1 aliphatic heterocycles. The summed E-state index contributed by atoms with van der Waals surface area (Å²) in [7, 11) is 5.59. The first-order valence-electron chi connectivity index (χ1n) is 10.9. The predicted molar refractivity (Wildman–Crippen MR) is 129 cm³/mol. The molecule has 0 saturated carbocycles. The molecular formula is C26H29N3O3. The van der Waals surface area contributed by atoms with Crippen molar-refractivity contribution in [1.82, 2.24) is 4.90 Å². The SMILES string of the molecule is COc1ccc(C(=O)N2CCC[C@@H](C(=O)Nc3ccc(N(C)C)cc3)C2)c2ccccc12. The third-order valence-electron chi connectivity index (χ3n) is 6.07. The molecular weight excluding hydrogens is 402 g/mol. The van der Waals surface area contributed by atoms with Gasteiger partial charge in [-0.3, -0.25) is 9.59 Å². The molecule has 0 unspecified atom stereocenters. The number of nitrogens with one attached hydrogen (secondary N) is 1. The van der Waals surface area contributed by atoms with Crippen molar-refractivity contribution in [2.24, 2.45) is 5.92 Å². The largest absolute Gasteiger partial charge is 0.496 e. The van der Waals surface area contributed by atoms with E-state index < -0.39 is 0 Å². The molecule has 32 heavy (non-hydrogen) atoms. The van der Waals surface area contributed by atoms with Gasteiger partial charge in [0.15, 0.2) is 0 Å². The van der Waals surface area contributed by atoms with E-state index in [1.807, 2.05) is 79.7 Å². The van der Waals surface area contributed by atoms with Gasteiger partial charge in [-0.05, 0) is 54.6 Å². The summed E-state index contributed by atoms with van der Waals surface area (Å²) < 4.78 is 5.45. The van der Waals surface area contributed by atoms with Crippen LogP contribution < -0.4 is 15.0 Å². The lowest BCUT2D eigenvalue weighted by Crippen LogP contribution is -2.43. The molecule has 4 rings (SSSR count). The van der Waals surface area contributed by atoms with Gasteiger partial charge in [-0.15, -0.1) is 0 Å².